The number of nitrogens with one attached hydrogen (secondary N) is 1. The topological polar surface area (TPSA) is 125 Å². The van der Waals surface area contributed by atoms with E-state index in [1.807, 2.05) is 12.2 Å². The van der Waals surface area contributed by atoms with Crippen molar-refractivity contribution in [2.24, 2.45) is 0 Å². The molecule has 0 heterocycles. The Balaban J connectivity index is 1.93. The summed E-state index contributed by atoms with van der Waals surface area (Å²) in [7, 11) is 0. The maximum absolute atomic E-state index is 13.2. The minimum atomic E-state index is -4.98. The highest BCUT2D eigenvalue weighted by Gasteiger charge is 2.36. The van der Waals surface area contributed by atoms with Crippen LogP contribution in [0.15, 0.2) is 42.5 Å². The molecule has 1 N–H and O–H groups in total. The fourth-order valence-corrected chi connectivity index (χ4v) is 2.85. The molecule has 0 spiro atoms. The standard InChI is InChI=1S/C23H23F3N2O7/c1-3-12-34-17-7-4-15(5-8-17)20(29)10-11-21(30)35-14(2)22(31)27-19-9-6-16(28(32)33)13-18(19)23(24,25)26/h4-9,13-14H,3,10-12H2,1-2H3,(H,27,31). The van der Waals surface area contributed by atoms with E-state index >= 15 is 0 Å². The second-order valence-corrected chi connectivity index (χ2v) is 7.40. The van der Waals surface area contributed by atoms with Crippen LogP contribution in [0, 0.1) is 10.1 Å². The minimum absolute atomic E-state index is 0.205. The molecule has 12 heteroatoms. The maximum Gasteiger partial charge on any atom is 0.418 e. The third kappa shape index (κ3) is 8.09. The molecule has 0 fully saturated rings. The van der Waals surface area contributed by atoms with Gasteiger partial charge in [-0.25, -0.2) is 0 Å². The first-order valence-electron chi connectivity index (χ1n) is 10.5. The highest BCUT2D eigenvalue weighted by Crippen LogP contribution is 2.37. The number of nitrogens with zero attached hydrogens (tertiary/aromatic N) is 1. The summed E-state index contributed by atoms with van der Waals surface area (Å²) in [5, 5.41) is 12.7. The predicted octanol–water partition coefficient (Wildman–Crippen LogP) is 4.94. The van der Waals surface area contributed by atoms with E-state index < -0.39 is 46.0 Å². The number of hydrogen-bond donors (Lipinski definition) is 1. The van der Waals surface area contributed by atoms with E-state index in [0.29, 0.717) is 24.0 Å². The maximum atomic E-state index is 13.2. The summed E-state index contributed by atoms with van der Waals surface area (Å²) in [5.41, 5.74) is -2.60. The lowest BCUT2D eigenvalue weighted by molar-refractivity contribution is -0.385. The lowest BCUT2D eigenvalue weighted by Gasteiger charge is -2.17. The molecule has 9 nitrogen and oxygen atoms in total. The first-order valence-corrected chi connectivity index (χ1v) is 10.5. The summed E-state index contributed by atoms with van der Waals surface area (Å²) in [4.78, 5) is 46.3. The number of esters is 1. The minimum Gasteiger partial charge on any atom is -0.494 e. The van der Waals surface area contributed by atoms with Crippen LogP contribution in [0.5, 0.6) is 5.75 Å². The molecule has 2 rings (SSSR count). The number of benzene rings is 2. The van der Waals surface area contributed by atoms with E-state index in [1.54, 1.807) is 24.3 Å². The summed E-state index contributed by atoms with van der Waals surface area (Å²) in [6.45, 7) is 3.63. The van der Waals surface area contributed by atoms with Crippen LogP contribution in [0.2, 0.25) is 0 Å². The van der Waals surface area contributed by atoms with Gasteiger partial charge in [-0.2, -0.15) is 13.2 Å². The van der Waals surface area contributed by atoms with Gasteiger partial charge in [0.1, 0.15) is 5.75 Å². The monoisotopic (exact) mass is 496 g/mol. The van der Waals surface area contributed by atoms with Crippen LogP contribution in [-0.2, 0) is 20.5 Å². The molecule has 35 heavy (non-hydrogen) atoms. The van der Waals surface area contributed by atoms with Gasteiger partial charge in [0.05, 0.1) is 29.2 Å². The molecule has 1 unspecified atom stereocenters. The molecule has 0 aliphatic heterocycles. The number of alkyl halides is 3. The smallest absolute Gasteiger partial charge is 0.418 e. The zero-order valence-electron chi connectivity index (χ0n) is 18.9. The molecule has 188 valence electrons. The van der Waals surface area contributed by atoms with E-state index in [9.17, 15) is 37.7 Å². The van der Waals surface area contributed by atoms with Gasteiger partial charge in [-0.3, -0.25) is 24.5 Å². The van der Waals surface area contributed by atoms with Gasteiger partial charge in [-0.1, -0.05) is 6.92 Å². The number of ether oxygens (including phenoxy) is 2. The van der Waals surface area contributed by atoms with Crippen LogP contribution in [-0.4, -0.2) is 35.3 Å². The Hall–Kier alpha value is -3.96. The molecular weight excluding hydrogens is 473 g/mol. The highest BCUT2D eigenvalue weighted by molar-refractivity contribution is 5.98. The Kier molecular flexibility index (Phi) is 9.32. The fourth-order valence-electron chi connectivity index (χ4n) is 2.85. The molecule has 2 aromatic carbocycles. The first-order chi connectivity index (χ1) is 16.4. The van der Waals surface area contributed by atoms with Crippen molar-refractivity contribution in [3.05, 3.63) is 63.7 Å². The van der Waals surface area contributed by atoms with Gasteiger partial charge >= 0.3 is 12.1 Å². The zero-order chi connectivity index (χ0) is 26.2. The van der Waals surface area contributed by atoms with Gasteiger partial charge < -0.3 is 14.8 Å². The molecule has 0 aliphatic rings. The van der Waals surface area contributed by atoms with Crippen LogP contribution in [0.25, 0.3) is 0 Å². The molecule has 0 radical (unpaired) electrons. The molecule has 2 aromatic rings. The average Bonchev–Trinajstić information content (AvgIpc) is 2.80. The Bertz CT molecular complexity index is 1090. The van der Waals surface area contributed by atoms with Crippen molar-refractivity contribution in [2.45, 2.75) is 45.4 Å². The molecule has 0 aliphatic carbocycles. The number of hydrogen-bond acceptors (Lipinski definition) is 7. The number of nitro groups is 1. The van der Waals surface area contributed by atoms with E-state index in [1.165, 1.54) is 0 Å². The number of Topliss-reactive ketones (excluding diaryl/α,β-unsaturated/α-hetero) is 1. The number of halogens is 3. The fraction of sp³-hybridized carbons (Fsp3) is 0.348. The van der Waals surface area contributed by atoms with Crippen LogP contribution < -0.4 is 10.1 Å². The second-order valence-electron chi connectivity index (χ2n) is 7.40. The van der Waals surface area contributed by atoms with Crippen molar-refractivity contribution in [1.29, 1.82) is 0 Å². The van der Waals surface area contributed by atoms with Crippen molar-refractivity contribution in [1.82, 2.24) is 0 Å². The molecule has 0 saturated heterocycles. The van der Waals surface area contributed by atoms with Crippen molar-refractivity contribution in [3.63, 3.8) is 0 Å². The van der Waals surface area contributed by atoms with Crippen molar-refractivity contribution in [2.75, 3.05) is 11.9 Å². The molecule has 0 saturated carbocycles. The van der Waals surface area contributed by atoms with Crippen LogP contribution in [0.3, 0.4) is 0 Å². The van der Waals surface area contributed by atoms with Crippen molar-refractivity contribution in [3.8, 4) is 5.75 Å². The summed E-state index contributed by atoms with van der Waals surface area (Å²) in [6, 6.07) is 8.19. The summed E-state index contributed by atoms with van der Waals surface area (Å²) in [5.74, 6) is -1.72. The number of rotatable bonds is 11. The Morgan fingerprint density at radius 1 is 1.09 bits per heavy atom. The second kappa shape index (κ2) is 12.0. The quantitative estimate of drug-likeness (QED) is 0.202. The zero-order valence-corrected chi connectivity index (χ0v) is 18.9. The number of non-ortho nitro benzene ring substituents is 1. The van der Waals surface area contributed by atoms with E-state index in [0.717, 1.165) is 25.5 Å². The van der Waals surface area contributed by atoms with Crippen LogP contribution in [0.4, 0.5) is 24.5 Å². The number of carbonyl (C=O) groups is 3. The van der Waals surface area contributed by atoms with Crippen LogP contribution in [0.1, 0.15) is 49.0 Å². The average molecular weight is 496 g/mol. The van der Waals surface area contributed by atoms with Gasteiger partial charge in [-0.15, -0.1) is 0 Å². The Morgan fingerprint density at radius 2 is 1.74 bits per heavy atom. The lowest BCUT2D eigenvalue weighted by Crippen LogP contribution is -2.31. The summed E-state index contributed by atoms with van der Waals surface area (Å²) in [6.07, 6.45) is -6.19. The number of amides is 1. The summed E-state index contributed by atoms with van der Waals surface area (Å²) >= 11 is 0. The Morgan fingerprint density at radius 3 is 2.31 bits per heavy atom. The first kappa shape index (κ1) is 27.3. The molecule has 1 amide bonds. The van der Waals surface area contributed by atoms with E-state index in [-0.39, 0.29) is 18.6 Å². The lowest BCUT2D eigenvalue weighted by atomic mass is 10.1. The van der Waals surface area contributed by atoms with Crippen LogP contribution >= 0.6 is 0 Å². The van der Waals surface area contributed by atoms with Gasteiger partial charge in [0.25, 0.3) is 11.6 Å². The molecule has 0 bridgehead atoms. The van der Waals surface area contributed by atoms with Gasteiger partial charge in [-0.05, 0) is 43.7 Å². The summed E-state index contributed by atoms with van der Waals surface area (Å²) < 4.78 is 50.1. The molecular formula is C23H23F3N2O7. The normalized spacial score (nSPS) is 11.9. The van der Waals surface area contributed by atoms with Crippen molar-refractivity contribution < 1.29 is 42.0 Å². The number of ketones is 1. The Labute approximate surface area is 198 Å². The number of nitro benzene ring substituents is 1. The molecule has 0 aromatic heterocycles. The third-order valence-electron chi connectivity index (χ3n) is 4.66. The van der Waals surface area contributed by atoms with Gasteiger partial charge in [0, 0.05) is 24.1 Å². The van der Waals surface area contributed by atoms with Gasteiger partial charge in [0.15, 0.2) is 11.9 Å². The highest BCUT2D eigenvalue weighted by atomic mass is 19.4. The predicted molar refractivity (Wildman–Crippen MR) is 118 cm³/mol. The number of carbonyl (C=O) groups excluding carboxylic acids is 3. The van der Waals surface area contributed by atoms with E-state index in [4.69, 9.17) is 9.47 Å². The van der Waals surface area contributed by atoms with E-state index in [2.05, 4.69) is 0 Å². The van der Waals surface area contributed by atoms with Crippen molar-refractivity contribution >= 4 is 29.0 Å². The third-order valence-corrected chi connectivity index (χ3v) is 4.66. The van der Waals surface area contributed by atoms with Gasteiger partial charge in [0.2, 0.25) is 0 Å². The largest absolute Gasteiger partial charge is 0.494 e. The number of anilines is 1. The SMILES string of the molecule is CCCOc1ccc(C(=O)CCC(=O)OC(C)C(=O)Nc2ccc([N+](=O)[O-])cc2C(F)(F)F)cc1. The molecule has 1 atom stereocenters.